The Bertz CT molecular complexity index is 551. The molecule has 0 radical (unpaired) electrons. The molecule has 24 heavy (non-hydrogen) atoms. The highest BCUT2D eigenvalue weighted by molar-refractivity contribution is 6.29. The molecule has 1 aromatic rings. The molecule has 6 nitrogen and oxygen atoms in total. The van der Waals surface area contributed by atoms with Gasteiger partial charge in [0.25, 0.3) is 0 Å². The van der Waals surface area contributed by atoms with Crippen LogP contribution in [0.15, 0.2) is 12.1 Å². The summed E-state index contributed by atoms with van der Waals surface area (Å²) in [4.78, 5) is 13.8. The molecule has 1 saturated heterocycles. The van der Waals surface area contributed by atoms with Crippen LogP contribution in [0.2, 0.25) is 5.15 Å². The number of carbonyl (C=O) groups excluding carboxylic acids is 1. The predicted octanol–water partition coefficient (Wildman–Crippen LogP) is 3.69. The number of ether oxygens (including phenoxy) is 2. The Balaban J connectivity index is 1.40. The maximum atomic E-state index is 12.0. The van der Waals surface area contributed by atoms with Gasteiger partial charge in [-0.3, -0.25) is 0 Å². The number of piperidine rings is 1. The zero-order valence-electron chi connectivity index (χ0n) is 14.0. The van der Waals surface area contributed by atoms with Gasteiger partial charge in [-0.15, -0.1) is 10.2 Å². The van der Waals surface area contributed by atoms with E-state index < -0.39 is 0 Å². The van der Waals surface area contributed by atoms with Gasteiger partial charge in [0.2, 0.25) is 5.88 Å². The van der Waals surface area contributed by atoms with E-state index in [1.807, 2.05) is 4.90 Å². The first-order valence-corrected chi connectivity index (χ1v) is 9.06. The fourth-order valence-electron chi connectivity index (χ4n) is 3.49. The van der Waals surface area contributed by atoms with Crippen LogP contribution in [0.25, 0.3) is 0 Å². The molecule has 1 spiro atoms. The highest BCUT2D eigenvalue weighted by atomic mass is 35.5. The first-order chi connectivity index (χ1) is 11.6. The Hall–Kier alpha value is -1.56. The average molecular weight is 354 g/mol. The first-order valence-electron chi connectivity index (χ1n) is 8.68. The quantitative estimate of drug-likeness (QED) is 0.755. The van der Waals surface area contributed by atoms with E-state index >= 15 is 0 Å². The minimum Gasteiger partial charge on any atom is -0.473 e. The van der Waals surface area contributed by atoms with Crippen LogP contribution in [0.5, 0.6) is 5.88 Å². The number of halogens is 1. The lowest BCUT2D eigenvalue weighted by atomic mass is 9.61. The lowest BCUT2D eigenvalue weighted by molar-refractivity contribution is -0.0551. The van der Waals surface area contributed by atoms with Crippen molar-refractivity contribution in [2.75, 3.05) is 19.7 Å². The number of unbranched alkanes of at least 4 members (excludes halogenated alkanes) is 1. The van der Waals surface area contributed by atoms with Crippen LogP contribution in [-0.4, -0.2) is 47.0 Å². The minimum absolute atomic E-state index is 0.165. The van der Waals surface area contributed by atoms with E-state index in [4.69, 9.17) is 21.1 Å². The summed E-state index contributed by atoms with van der Waals surface area (Å²) < 4.78 is 11.1. The van der Waals surface area contributed by atoms with Crippen molar-refractivity contribution in [3.63, 3.8) is 0 Å². The molecule has 2 heterocycles. The van der Waals surface area contributed by atoms with Crippen LogP contribution in [0, 0.1) is 5.41 Å². The Kier molecular flexibility index (Phi) is 5.43. The third kappa shape index (κ3) is 4.09. The van der Waals surface area contributed by atoms with Gasteiger partial charge < -0.3 is 14.4 Å². The third-order valence-electron chi connectivity index (χ3n) is 5.02. The van der Waals surface area contributed by atoms with Crippen LogP contribution >= 0.6 is 11.6 Å². The van der Waals surface area contributed by atoms with E-state index in [0.717, 1.165) is 51.6 Å². The topological polar surface area (TPSA) is 64.5 Å². The molecule has 7 heteroatoms. The van der Waals surface area contributed by atoms with Crippen LogP contribution in [0.3, 0.4) is 0 Å². The van der Waals surface area contributed by atoms with Crippen molar-refractivity contribution < 1.29 is 14.3 Å². The maximum absolute atomic E-state index is 12.0. The third-order valence-corrected chi connectivity index (χ3v) is 5.22. The smallest absolute Gasteiger partial charge is 0.409 e. The lowest BCUT2D eigenvalue weighted by Gasteiger charge is -2.51. The Morgan fingerprint density at radius 3 is 2.71 bits per heavy atom. The monoisotopic (exact) mass is 353 g/mol. The van der Waals surface area contributed by atoms with E-state index in [-0.39, 0.29) is 12.2 Å². The Morgan fingerprint density at radius 2 is 2.08 bits per heavy atom. The van der Waals surface area contributed by atoms with Gasteiger partial charge in [-0.25, -0.2) is 4.79 Å². The van der Waals surface area contributed by atoms with Gasteiger partial charge in [0, 0.05) is 19.2 Å². The van der Waals surface area contributed by atoms with Crippen molar-refractivity contribution in [1.82, 2.24) is 15.1 Å². The molecular formula is C17H24ClN3O3. The van der Waals surface area contributed by atoms with Crippen LogP contribution < -0.4 is 4.74 Å². The Morgan fingerprint density at radius 1 is 1.33 bits per heavy atom. The summed E-state index contributed by atoms with van der Waals surface area (Å²) in [5.74, 6) is 0.524. The number of hydrogen-bond acceptors (Lipinski definition) is 5. The SMILES string of the molecule is CCCCOC(=O)N1CCC2(CC1)CC(Oc1ccc(Cl)nn1)C2. The number of nitrogens with zero attached hydrogens (tertiary/aromatic N) is 3. The van der Waals surface area contributed by atoms with Gasteiger partial charge in [-0.05, 0) is 43.6 Å². The number of hydrogen-bond donors (Lipinski definition) is 0. The molecule has 0 N–H and O–H groups in total. The first kappa shape index (κ1) is 17.3. The zero-order valence-corrected chi connectivity index (χ0v) is 14.8. The van der Waals surface area contributed by atoms with Gasteiger partial charge in [0.15, 0.2) is 5.15 Å². The summed E-state index contributed by atoms with van der Waals surface area (Å²) >= 11 is 5.72. The second-order valence-electron chi connectivity index (χ2n) is 6.80. The lowest BCUT2D eigenvalue weighted by Crippen LogP contribution is -2.52. The second kappa shape index (κ2) is 7.55. The number of rotatable bonds is 5. The molecule has 0 aromatic carbocycles. The van der Waals surface area contributed by atoms with E-state index in [1.54, 1.807) is 12.1 Å². The van der Waals surface area contributed by atoms with Crippen LogP contribution in [0.1, 0.15) is 45.4 Å². The van der Waals surface area contributed by atoms with Crippen molar-refractivity contribution in [2.24, 2.45) is 5.41 Å². The molecule has 132 valence electrons. The fraction of sp³-hybridized carbons (Fsp3) is 0.706. The molecule has 1 saturated carbocycles. The zero-order chi connectivity index (χ0) is 17.0. The molecule has 3 rings (SSSR count). The summed E-state index contributed by atoms with van der Waals surface area (Å²) in [7, 11) is 0. The summed E-state index contributed by atoms with van der Waals surface area (Å²) in [6.07, 6.45) is 6.03. The van der Waals surface area contributed by atoms with E-state index in [0.29, 0.717) is 23.1 Å². The predicted molar refractivity (Wildman–Crippen MR) is 90.2 cm³/mol. The van der Waals surface area contributed by atoms with Crippen molar-refractivity contribution in [3.8, 4) is 5.88 Å². The number of likely N-dealkylation sites (tertiary alicyclic amines) is 1. The van der Waals surface area contributed by atoms with Gasteiger partial charge >= 0.3 is 6.09 Å². The van der Waals surface area contributed by atoms with Gasteiger partial charge in [0.1, 0.15) is 6.10 Å². The van der Waals surface area contributed by atoms with Gasteiger partial charge in [-0.2, -0.15) is 0 Å². The number of aromatic nitrogens is 2. The standard InChI is InChI=1S/C17H24ClN3O3/c1-2-3-10-23-16(22)21-8-6-17(7-9-21)11-13(12-17)24-15-5-4-14(18)19-20-15/h4-5,13H,2-3,6-12H2,1H3. The highest BCUT2D eigenvalue weighted by Crippen LogP contribution is 2.50. The molecule has 2 aliphatic rings. The largest absolute Gasteiger partial charge is 0.473 e. The molecule has 2 fully saturated rings. The molecule has 1 aliphatic carbocycles. The van der Waals surface area contributed by atoms with Crippen molar-refractivity contribution in [3.05, 3.63) is 17.3 Å². The molecule has 1 aromatic heterocycles. The fourth-order valence-corrected chi connectivity index (χ4v) is 3.59. The van der Waals surface area contributed by atoms with Gasteiger partial charge in [0.05, 0.1) is 6.61 Å². The van der Waals surface area contributed by atoms with Crippen molar-refractivity contribution >= 4 is 17.7 Å². The Labute approximate surface area is 147 Å². The molecule has 0 bridgehead atoms. The summed E-state index contributed by atoms with van der Waals surface area (Å²) in [6, 6.07) is 3.43. The molecule has 1 aliphatic heterocycles. The van der Waals surface area contributed by atoms with Crippen molar-refractivity contribution in [1.29, 1.82) is 0 Å². The highest BCUT2D eigenvalue weighted by Gasteiger charge is 2.47. The van der Waals surface area contributed by atoms with Crippen LogP contribution in [-0.2, 0) is 4.74 Å². The molecule has 0 unspecified atom stereocenters. The molecule has 1 amide bonds. The molecule has 0 atom stereocenters. The van der Waals surface area contributed by atoms with Gasteiger partial charge in [-0.1, -0.05) is 24.9 Å². The number of carbonyl (C=O) groups is 1. The van der Waals surface area contributed by atoms with E-state index in [2.05, 4.69) is 17.1 Å². The van der Waals surface area contributed by atoms with E-state index in [9.17, 15) is 4.79 Å². The second-order valence-corrected chi connectivity index (χ2v) is 7.18. The maximum Gasteiger partial charge on any atom is 0.409 e. The molecular weight excluding hydrogens is 330 g/mol. The van der Waals surface area contributed by atoms with Crippen molar-refractivity contribution in [2.45, 2.75) is 51.6 Å². The summed E-state index contributed by atoms with van der Waals surface area (Å²) in [5.41, 5.74) is 0.310. The van der Waals surface area contributed by atoms with Crippen LogP contribution in [0.4, 0.5) is 4.79 Å². The number of amides is 1. The summed E-state index contributed by atoms with van der Waals surface area (Å²) in [5, 5.41) is 8.08. The minimum atomic E-state index is -0.165. The van der Waals surface area contributed by atoms with E-state index in [1.165, 1.54) is 0 Å². The summed E-state index contributed by atoms with van der Waals surface area (Å²) in [6.45, 7) is 4.16. The normalized spacial score (nSPS) is 19.8. The average Bonchev–Trinajstić information content (AvgIpc) is 2.56.